The van der Waals surface area contributed by atoms with E-state index in [1.807, 2.05) is 0 Å². The van der Waals surface area contributed by atoms with Crippen LogP contribution in [-0.4, -0.2) is 40.8 Å². The van der Waals surface area contributed by atoms with Crippen molar-refractivity contribution in [3.8, 4) is 5.75 Å². The van der Waals surface area contributed by atoms with Crippen LogP contribution in [0.3, 0.4) is 0 Å². The van der Waals surface area contributed by atoms with Gasteiger partial charge in [0.2, 0.25) is 5.91 Å². The molecule has 0 spiro atoms. The van der Waals surface area contributed by atoms with Gasteiger partial charge in [-0.2, -0.15) is 0 Å². The summed E-state index contributed by atoms with van der Waals surface area (Å²) in [5, 5.41) is 12.4. The average molecular weight is 297 g/mol. The second-order valence-electron chi connectivity index (χ2n) is 4.77. The maximum atomic E-state index is 12.4. The van der Waals surface area contributed by atoms with Gasteiger partial charge in [-0.05, 0) is 37.5 Å². The standard InChI is InChI=1S/C14H17ClN2O3/c15-9-13(19)16-10-4-5-12(18)11(8-10)14(20)17-6-2-1-3-7-17/h4-5,8,18H,1-3,6-7,9H2,(H,16,19). The first kappa shape index (κ1) is 14.7. The lowest BCUT2D eigenvalue weighted by molar-refractivity contribution is -0.113. The van der Waals surface area contributed by atoms with Gasteiger partial charge in [0.25, 0.3) is 5.91 Å². The molecule has 1 saturated heterocycles. The Morgan fingerprint density at radius 3 is 2.60 bits per heavy atom. The minimum absolute atomic E-state index is 0.0792. The summed E-state index contributed by atoms with van der Waals surface area (Å²) in [5.74, 6) is -0.793. The number of phenolic OH excluding ortho intramolecular Hbond substituents is 1. The number of aromatic hydroxyl groups is 1. The zero-order chi connectivity index (χ0) is 14.5. The number of carbonyl (C=O) groups is 2. The van der Waals surface area contributed by atoms with Gasteiger partial charge < -0.3 is 15.3 Å². The Labute approximate surface area is 122 Å². The second-order valence-corrected chi connectivity index (χ2v) is 5.03. The van der Waals surface area contributed by atoms with E-state index in [0.29, 0.717) is 18.8 Å². The van der Waals surface area contributed by atoms with Crippen molar-refractivity contribution in [2.45, 2.75) is 19.3 Å². The van der Waals surface area contributed by atoms with E-state index in [9.17, 15) is 14.7 Å². The van der Waals surface area contributed by atoms with Gasteiger partial charge in [-0.25, -0.2) is 0 Å². The summed E-state index contributed by atoms with van der Waals surface area (Å²) in [6.45, 7) is 1.41. The Hall–Kier alpha value is -1.75. The van der Waals surface area contributed by atoms with Crippen molar-refractivity contribution < 1.29 is 14.7 Å². The first-order valence-electron chi connectivity index (χ1n) is 6.60. The Morgan fingerprint density at radius 2 is 1.95 bits per heavy atom. The molecule has 0 aromatic heterocycles. The Balaban J connectivity index is 2.18. The van der Waals surface area contributed by atoms with Crippen molar-refractivity contribution in [2.75, 3.05) is 24.3 Å². The highest BCUT2D eigenvalue weighted by Gasteiger charge is 2.21. The van der Waals surface area contributed by atoms with Crippen molar-refractivity contribution in [1.82, 2.24) is 4.90 Å². The van der Waals surface area contributed by atoms with Crippen LogP contribution in [0.25, 0.3) is 0 Å². The fraction of sp³-hybridized carbons (Fsp3) is 0.429. The van der Waals surface area contributed by atoms with Crippen LogP contribution in [0, 0.1) is 0 Å². The number of hydrogen-bond donors (Lipinski definition) is 2. The van der Waals surface area contributed by atoms with Crippen LogP contribution in [0.1, 0.15) is 29.6 Å². The van der Waals surface area contributed by atoms with Gasteiger partial charge >= 0.3 is 0 Å². The molecule has 0 radical (unpaired) electrons. The Bertz CT molecular complexity index is 513. The van der Waals surface area contributed by atoms with Gasteiger partial charge in [0.15, 0.2) is 0 Å². The number of hydrogen-bond acceptors (Lipinski definition) is 3. The minimum atomic E-state index is -0.353. The Morgan fingerprint density at radius 1 is 1.25 bits per heavy atom. The van der Waals surface area contributed by atoms with Crippen molar-refractivity contribution in [1.29, 1.82) is 0 Å². The smallest absolute Gasteiger partial charge is 0.257 e. The molecule has 1 aromatic rings. The number of piperidine rings is 1. The normalized spacial score (nSPS) is 14.9. The van der Waals surface area contributed by atoms with Crippen LogP contribution in [-0.2, 0) is 4.79 Å². The van der Waals surface area contributed by atoms with Crippen LogP contribution < -0.4 is 5.32 Å². The number of nitrogens with zero attached hydrogens (tertiary/aromatic N) is 1. The molecule has 2 amide bonds. The maximum absolute atomic E-state index is 12.4. The molecule has 2 rings (SSSR count). The van der Waals surface area contributed by atoms with Crippen LogP contribution in [0.4, 0.5) is 5.69 Å². The molecule has 1 aliphatic rings. The quantitative estimate of drug-likeness (QED) is 0.663. The predicted molar refractivity (Wildman–Crippen MR) is 77.2 cm³/mol. The third-order valence-electron chi connectivity index (χ3n) is 3.28. The van der Waals surface area contributed by atoms with E-state index in [1.165, 1.54) is 18.2 Å². The lowest BCUT2D eigenvalue weighted by Crippen LogP contribution is -2.35. The fourth-order valence-corrected chi connectivity index (χ4v) is 2.31. The molecule has 0 saturated carbocycles. The molecule has 0 unspecified atom stereocenters. The number of benzene rings is 1. The summed E-state index contributed by atoms with van der Waals surface area (Å²) >= 11 is 5.42. The zero-order valence-corrected chi connectivity index (χ0v) is 11.8. The topological polar surface area (TPSA) is 69.6 Å². The minimum Gasteiger partial charge on any atom is -0.507 e. The largest absolute Gasteiger partial charge is 0.507 e. The van der Waals surface area contributed by atoms with Crippen molar-refractivity contribution >= 4 is 29.1 Å². The lowest BCUT2D eigenvalue weighted by Gasteiger charge is -2.27. The molecule has 0 atom stereocenters. The fourth-order valence-electron chi connectivity index (χ4n) is 2.25. The number of rotatable bonds is 3. The molecule has 1 aromatic carbocycles. The average Bonchev–Trinajstić information content (AvgIpc) is 2.49. The van der Waals surface area contributed by atoms with Gasteiger partial charge in [0, 0.05) is 18.8 Å². The molecule has 6 heteroatoms. The molecule has 1 heterocycles. The lowest BCUT2D eigenvalue weighted by atomic mass is 10.1. The highest BCUT2D eigenvalue weighted by atomic mass is 35.5. The van der Waals surface area contributed by atoms with Crippen LogP contribution >= 0.6 is 11.6 Å². The van der Waals surface area contributed by atoms with Crippen LogP contribution in [0.2, 0.25) is 0 Å². The van der Waals surface area contributed by atoms with Crippen molar-refractivity contribution in [3.63, 3.8) is 0 Å². The highest BCUT2D eigenvalue weighted by molar-refractivity contribution is 6.29. The summed E-state index contributed by atoms with van der Waals surface area (Å²) in [6.07, 6.45) is 3.09. The molecule has 1 aliphatic heterocycles. The van der Waals surface area contributed by atoms with Gasteiger partial charge in [-0.3, -0.25) is 9.59 Å². The summed E-state index contributed by atoms with van der Waals surface area (Å²) < 4.78 is 0. The summed E-state index contributed by atoms with van der Waals surface area (Å²) in [6, 6.07) is 4.42. The number of phenols is 1. The first-order valence-corrected chi connectivity index (χ1v) is 7.13. The van der Waals surface area contributed by atoms with Gasteiger partial charge in [0.05, 0.1) is 5.56 Å². The van der Waals surface area contributed by atoms with E-state index in [-0.39, 0.29) is 29.0 Å². The van der Waals surface area contributed by atoms with Gasteiger partial charge in [-0.15, -0.1) is 11.6 Å². The molecule has 1 fully saturated rings. The Kier molecular flexibility index (Phi) is 4.84. The molecule has 108 valence electrons. The maximum Gasteiger partial charge on any atom is 0.257 e. The van der Waals surface area contributed by atoms with E-state index in [2.05, 4.69) is 5.32 Å². The number of amides is 2. The molecular formula is C14H17ClN2O3. The van der Waals surface area contributed by atoms with Gasteiger partial charge in [0.1, 0.15) is 11.6 Å². The van der Waals surface area contributed by atoms with E-state index in [4.69, 9.17) is 11.6 Å². The number of carbonyl (C=O) groups excluding carboxylic acids is 2. The molecule has 0 aliphatic carbocycles. The number of alkyl halides is 1. The zero-order valence-electron chi connectivity index (χ0n) is 11.1. The monoisotopic (exact) mass is 296 g/mol. The van der Waals surface area contributed by atoms with Crippen molar-refractivity contribution in [2.24, 2.45) is 0 Å². The molecule has 0 bridgehead atoms. The van der Waals surface area contributed by atoms with E-state index < -0.39 is 0 Å². The van der Waals surface area contributed by atoms with Crippen molar-refractivity contribution in [3.05, 3.63) is 23.8 Å². The second kappa shape index (κ2) is 6.61. The first-order chi connectivity index (χ1) is 9.61. The third-order valence-corrected chi connectivity index (χ3v) is 3.52. The van der Waals surface area contributed by atoms with E-state index in [1.54, 1.807) is 4.90 Å². The third kappa shape index (κ3) is 3.42. The summed E-state index contributed by atoms with van der Waals surface area (Å²) in [5.41, 5.74) is 0.660. The number of halogens is 1. The molecule has 5 nitrogen and oxygen atoms in total. The predicted octanol–water partition coefficient (Wildman–Crippen LogP) is 2.20. The van der Waals surface area contributed by atoms with Gasteiger partial charge in [-0.1, -0.05) is 0 Å². The van der Waals surface area contributed by atoms with Crippen LogP contribution in [0.15, 0.2) is 18.2 Å². The summed E-state index contributed by atoms with van der Waals surface area (Å²) in [7, 11) is 0. The highest BCUT2D eigenvalue weighted by Crippen LogP contribution is 2.24. The summed E-state index contributed by atoms with van der Waals surface area (Å²) in [4.78, 5) is 25.3. The number of anilines is 1. The molecule has 2 N–H and O–H groups in total. The van der Waals surface area contributed by atoms with E-state index in [0.717, 1.165) is 19.3 Å². The SMILES string of the molecule is O=C(CCl)Nc1ccc(O)c(C(=O)N2CCCCC2)c1. The van der Waals surface area contributed by atoms with E-state index >= 15 is 0 Å². The van der Waals surface area contributed by atoms with Crippen LogP contribution in [0.5, 0.6) is 5.75 Å². The molecule has 20 heavy (non-hydrogen) atoms. The number of nitrogens with one attached hydrogen (secondary N) is 1. The number of likely N-dealkylation sites (tertiary alicyclic amines) is 1. The molecular weight excluding hydrogens is 280 g/mol.